The quantitative estimate of drug-likeness (QED) is 0.0723. The molecule has 6 aromatic carbocycles. The monoisotopic (exact) mass is 688 g/mol. The molecule has 0 radical (unpaired) electrons. The zero-order valence-electron chi connectivity index (χ0n) is 25.5. The van der Waals surface area contributed by atoms with Gasteiger partial charge in [0, 0.05) is 10.8 Å². The molecular formula is C35H24N6O8S. The Labute approximate surface area is 283 Å². The molecule has 0 unspecified atom stereocenters. The minimum atomic E-state index is -4.48. The van der Waals surface area contributed by atoms with Crippen LogP contribution in [0.1, 0.15) is 10.4 Å². The summed E-state index contributed by atoms with van der Waals surface area (Å²) < 4.78 is 33.2. The normalized spacial score (nSPS) is 12.0. The van der Waals surface area contributed by atoms with Crippen molar-refractivity contribution in [2.24, 2.45) is 30.7 Å². The Bertz CT molecular complexity index is 2470. The first kappa shape index (κ1) is 33.1. The van der Waals surface area contributed by atoms with Crippen molar-refractivity contribution >= 4 is 61.0 Å². The second kappa shape index (κ2) is 13.7. The lowest BCUT2D eigenvalue weighted by molar-refractivity contribution is 0.0693. The molecule has 0 aliphatic rings. The first-order valence-corrected chi connectivity index (χ1v) is 16.0. The van der Waals surface area contributed by atoms with Crippen LogP contribution in [0.4, 0.5) is 34.1 Å². The van der Waals surface area contributed by atoms with E-state index >= 15 is 0 Å². The molecule has 0 heterocycles. The minimum Gasteiger partial charge on any atom is -0.507 e. The van der Waals surface area contributed by atoms with Gasteiger partial charge < -0.3 is 20.4 Å². The number of nitrogens with zero attached hydrogens (tertiary/aromatic N) is 6. The Balaban J connectivity index is 1.17. The second-order valence-electron chi connectivity index (χ2n) is 10.6. The third-order valence-electron chi connectivity index (χ3n) is 7.34. The number of hydrogen-bond donors (Lipinski definition) is 5. The summed E-state index contributed by atoms with van der Waals surface area (Å²) in [6.45, 7) is 0. The third kappa shape index (κ3) is 7.18. The van der Waals surface area contributed by atoms with Crippen molar-refractivity contribution in [1.82, 2.24) is 0 Å². The molecule has 0 aromatic heterocycles. The zero-order valence-corrected chi connectivity index (χ0v) is 26.3. The van der Waals surface area contributed by atoms with Gasteiger partial charge in [-0.05, 0) is 77.9 Å². The molecule has 0 atom stereocenters. The van der Waals surface area contributed by atoms with Crippen molar-refractivity contribution in [3.8, 4) is 28.4 Å². The molecule has 0 saturated heterocycles. The summed E-state index contributed by atoms with van der Waals surface area (Å²) in [6, 6.07) is 29.6. The number of phenolic OH excluding ortho intramolecular Hbond substituents is 2. The molecule has 0 saturated carbocycles. The summed E-state index contributed by atoms with van der Waals surface area (Å²) in [5.74, 6) is -2.48. The van der Waals surface area contributed by atoms with Crippen molar-refractivity contribution in [2.45, 2.75) is 4.90 Å². The number of rotatable bonds is 9. The molecule has 0 bridgehead atoms. The van der Waals surface area contributed by atoms with Gasteiger partial charge in [-0.1, -0.05) is 48.5 Å². The largest absolute Gasteiger partial charge is 0.507 e. The average molecular weight is 689 g/mol. The molecule has 0 aliphatic carbocycles. The average Bonchev–Trinajstić information content (AvgIpc) is 3.10. The van der Waals surface area contributed by atoms with Crippen LogP contribution in [0.2, 0.25) is 0 Å². The molecule has 0 fully saturated rings. The summed E-state index contributed by atoms with van der Waals surface area (Å²) in [7, 11) is -4.48. The highest BCUT2D eigenvalue weighted by atomic mass is 32.2. The first-order chi connectivity index (χ1) is 24.0. The smallest absolute Gasteiger partial charge is 0.339 e. The van der Waals surface area contributed by atoms with E-state index in [2.05, 4.69) is 30.7 Å². The number of fused-ring (bicyclic) bond motifs is 1. The SMILES string of the molecule is O=C(O)c1cc(N=Nc2ccc(-c3ccc(N=Nc4c(O)ccc(N=Nc5cccc6c(S(=O)(=O)O)cccc56)c4O)cc3)cc2)ccc1O. The summed E-state index contributed by atoms with van der Waals surface area (Å²) in [4.78, 5) is 10.9. The van der Waals surface area contributed by atoms with Crippen LogP contribution in [0.25, 0.3) is 21.9 Å². The van der Waals surface area contributed by atoms with Crippen molar-refractivity contribution in [2.75, 3.05) is 0 Å². The van der Waals surface area contributed by atoms with Crippen LogP contribution >= 0.6 is 0 Å². The molecule has 50 heavy (non-hydrogen) atoms. The Morgan fingerprint density at radius 1 is 0.540 bits per heavy atom. The third-order valence-corrected chi connectivity index (χ3v) is 8.25. The maximum Gasteiger partial charge on any atom is 0.339 e. The second-order valence-corrected chi connectivity index (χ2v) is 12.0. The summed E-state index contributed by atoms with van der Waals surface area (Å²) in [5, 5.41) is 65.2. The van der Waals surface area contributed by atoms with E-state index in [-0.39, 0.29) is 50.1 Å². The number of carboxylic acids is 1. The van der Waals surface area contributed by atoms with Gasteiger partial charge in [-0.25, -0.2) is 4.79 Å². The van der Waals surface area contributed by atoms with E-state index in [4.69, 9.17) is 5.11 Å². The van der Waals surface area contributed by atoms with E-state index in [9.17, 15) is 33.1 Å². The topological polar surface area (TPSA) is 227 Å². The number of aromatic hydroxyl groups is 3. The van der Waals surface area contributed by atoms with E-state index in [1.807, 2.05) is 12.1 Å². The Morgan fingerprint density at radius 2 is 1.08 bits per heavy atom. The summed E-state index contributed by atoms with van der Waals surface area (Å²) in [5.41, 5.74) is 2.64. The predicted molar refractivity (Wildman–Crippen MR) is 183 cm³/mol. The fraction of sp³-hybridized carbons (Fsp3) is 0. The van der Waals surface area contributed by atoms with Crippen molar-refractivity contribution in [1.29, 1.82) is 0 Å². The van der Waals surface area contributed by atoms with Gasteiger partial charge in [0.25, 0.3) is 10.1 Å². The van der Waals surface area contributed by atoms with Gasteiger partial charge in [0.05, 0.1) is 22.7 Å². The number of hydrogen-bond acceptors (Lipinski definition) is 12. The maximum absolute atomic E-state index is 11.8. The molecule has 248 valence electrons. The lowest BCUT2D eigenvalue weighted by Crippen LogP contribution is -1.98. The number of carbonyl (C=O) groups is 1. The minimum absolute atomic E-state index is 0.0360. The van der Waals surface area contributed by atoms with Crippen molar-refractivity contribution in [3.63, 3.8) is 0 Å². The standard InChI is InChI=1S/C35H24N6O8S/c42-30-17-15-24(19-27(30)35(45)46)38-36-22-11-7-20(8-12-22)21-9-13-23(14-10-21)37-41-33-31(43)18-16-29(34(33)44)40-39-28-5-1-4-26-25(28)3-2-6-32(26)50(47,48)49/h1-19,42-44H,(H,45,46)(H,47,48,49). The van der Waals surface area contributed by atoms with Crippen molar-refractivity contribution < 1.29 is 38.2 Å². The van der Waals surface area contributed by atoms with E-state index < -0.39 is 21.8 Å². The van der Waals surface area contributed by atoms with Gasteiger partial charge >= 0.3 is 5.97 Å². The van der Waals surface area contributed by atoms with Crippen LogP contribution in [0.5, 0.6) is 17.2 Å². The molecule has 6 aromatic rings. The maximum atomic E-state index is 11.8. The van der Waals surface area contributed by atoms with Crippen molar-refractivity contribution in [3.05, 3.63) is 121 Å². The molecule has 6 rings (SSSR count). The van der Waals surface area contributed by atoms with E-state index in [0.717, 1.165) is 11.1 Å². The molecular weight excluding hydrogens is 664 g/mol. The molecule has 0 spiro atoms. The Hall–Kier alpha value is -6.84. The Kier molecular flexibility index (Phi) is 9.07. The number of phenols is 3. The summed E-state index contributed by atoms with van der Waals surface area (Å²) in [6.07, 6.45) is 0. The fourth-order valence-electron chi connectivity index (χ4n) is 4.84. The van der Waals surface area contributed by atoms with Crippen LogP contribution in [0.15, 0.2) is 151 Å². The number of aromatic carboxylic acids is 1. The lowest BCUT2D eigenvalue weighted by Gasteiger charge is -2.06. The van der Waals surface area contributed by atoms with Gasteiger partial charge in [0.15, 0.2) is 11.4 Å². The van der Waals surface area contributed by atoms with Crippen LogP contribution in [0.3, 0.4) is 0 Å². The van der Waals surface area contributed by atoms with E-state index in [1.54, 1.807) is 54.6 Å². The molecule has 0 aliphatic heterocycles. The van der Waals surface area contributed by atoms with Gasteiger partial charge in [-0.15, -0.1) is 15.3 Å². The highest BCUT2D eigenvalue weighted by Gasteiger charge is 2.16. The molecule has 15 heteroatoms. The zero-order chi connectivity index (χ0) is 35.4. The fourth-order valence-corrected chi connectivity index (χ4v) is 5.55. The Morgan fingerprint density at radius 3 is 1.72 bits per heavy atom. The van der Waals surface area contributed by atoms with Gasteiger partial charge in [0.1, 0.15) is 27.6 Å². The first-order valence-electron chi connectivity index (χ1n) is 14.5. The van der Waals surface area contributed by atoms with E-state index in [1.165, 1.54) is 48.5 Å². The number of benzene rings is 6. The van der Waals surface area contributed by atoms with E-state index in [0.29, 0.717) is 16.8 Å². The number of carboxylic acid groups (broad SMARTS) is 1. The highest BCUT2D eigenvalue weighted by Crippen LogP contribution is 2.44. The molecule has 5 N–H and O–H groups in total. The van der Waals surface area contributed by atoms with Crippen LogP contribution in [-0.2, 0) is 10.1 Å². The van der Waals surface area contributed by atoms with Crippen LogP contribution in [-0.4, -0.2) is 39.4 Å². The molecule has 14 nitrogen and oxygen atoms in total. The van der Waals surface area contributed by atoms with Gasteiger partial charge in [-0.2, -0.15) is 23.8 Å². The van der Waals surface area contributed by atoms with Crippen LogP contribution < -0.4 is 0 Å². The predicted octanol–water partition coefficient (Wildman–Crippen LogP) is 9.81. The van der Waals surface area contributed by atoms with Gasteiger partial charge in [-0.3, -0.25) is 4.55 Å². The van der Waals surface area contributed by atoms with Crippen LogP contribution in [0, 0.1) is 0 Å². The molecule has 0 amide bonds. The lowest BCUT2D eigenvalue weighted by atomic mass is 10.1. The summed E-state index contributed by atoms with van der Waals surface area (Å²) >= 11 is 0. The highest BCUT2D eigenvalue weighted by molar-refractivity contribution is 7.86. The number of azo groups is 3. The van der Waals surface area contributed by atoms with Gasteiger partial charge in [0.2, 0.25) is 0 Å².